The number of aliphatic hydroxyl groups is 2. The summed E-state index contributed by atoms with van der Waals surface area (Å²) in [6.07, 6.45) is 1.14. The molecule has 0 aliphatic carbocycles. The highest BCUT2D eigenvalue weighted by Crippen LogP contribution is 2.19. The van der Waals surface area contributed by atoms with E-state index in [1.807, 2.05) is 0 Å². The van der Waals surface area contributed by atoms with Gasteiger partial charge in [-0.25, -0.2) is 4.90 Å². The predicted molar refractivity (Wildman–Crippen MR) is 60.0 cm³/mol. The van der Waals surface area contributed by atoms with Crippen LogP contribution in [-0.4, -0.2) is 28.3 Å². The van der Waals surface area contributed by atoms with Gasteiger partial charge in [0.15, 0.2) is 6.29 Å². The lowest BCUT2D eigenvalue weighted by atomic mass is 10.1. The molecule has 2 rings (SSSR count). The molecule has 1 aromatic rings. The van der Waals surface area contributed by atoms with Crippen molar-refractivity contribution in [2.45, 2.75) is 12.7 Å². The predicted octanol–water partition coefficient (Wildman–Crippen LogP) is -0.0308. The Morgan fingerprint density at radius 2 is 1.53 bits per heavy atom. The minimum atomic E-state index is -1.41. The molecule has 1 aliphatic heterocycles. The Labute approximate surface area is 97.6 Å². The number of nitrogens with zero attached hydrogens (tertiary/aromatic N) is 1. The molecule has 0 spiro atoms. The fourth-order valence-corrected chi connectivity index (χ4v) is 1.65. The third-order valence-electron chi connectivity index (χ3n) is 2.42. The first-order valence-corrected chi connectivity index (χ1v) is 5.09. The largest absolute Gasteiger partial charge is 0.368 e. The van der Waals surface area contributed by atoms with Crippen LogP contribution in [0.25, 0.3) is 0 Å². The number of hydrogen-bond donors (Lipinski definition) is 2. The van der Waals surface area contributed by atoms with Crippen molar-refractivity contribution in [1.82, 2.24) is 0 Å². The van der Waals surface area contributed by atoms with Crippen LogP contribution in [0.15, 0.2) is 36.4 Å². The third-order valence-corrected chi connectivity index (χ3v) is 2.42. The zero-order valence-corrected chi connectivity index (χ0v) is 8.91. The van der Waals surface area contributed by atoms with Gasteiger partial charge in [0.05, 0.1) is 5.69 Å². The fourth-order valence-electron chi connectivity index (χ4n) is 1.65. The monoisotopic (exact) mass is 233 g/mol. The van der Waals surface area contributed by atoms with Crippen LogP contribution in [0.4, 0.5) is 5.69 Å². The quantitative estimate of drug-likeness (QED) is 0.567. The molecule has 0 bridgehead atoms. The number of carbonyl (C=O) groups is 2. The van der Waals surface area contributed by atoms with Gasteiger partial charge in [-0.2, -0.15) is 0 Å². The molecule has 0 aromatic heterocycles. The first kappa shape index (κ1) is 11.5. The Morgan fingerprint density at radius 1 is 1.00 bits per heavy atom. The van der Waals surface area contributed by atoms with E-state index >= 15 is 0 Å². The van der Waals surface area contributed by atoms with E-state index in [4.69, 9.17) is 10.2 Å². The molecule has 0 atom stereocenters. The Hall–Kier alpha value is -1.98. The van der Waals surface area contributed by atoms with E-state index in [1.54, 1.807) is 24.3 Å². The summed E-state index contributed by atoms with van der Waals surface area (Å²) in [5, 5.41) is 17.6. The van der Waals surface area contributed by atoms with Crippen molar-refractivity contribution in [3.63, 3.8) is 0 Å². The molecule has 17 heavy (non-hydrogen) atoms. The van der Waals surface area contributed by atoms with Crippen LogP contribution in [0.3, 0.4) is 0 Å². The average Bonchev–Trinajstić information content (AvgIpc) is 2.59. The van der Waals surface area contributed by atoms with E-state index in [2.05, 4.69) is 0 Å². The standard InChI is InChI=1S/C12H11NO4/c14-10-5-6-11(15)13(10)9-3-1-8(2-4-9)7-12(16)17/h1-6,12,16-17H,7H2. The van der Waals surface area contributed by atoms with Crippen LogP contribution in [-0.2, 0) is 16.0 Å². The van der Waals surface area contributed by atoms with Crippen LogP contribution >= 0.6 is 0 Å². The second kappa shape index (κ2) is 4.48. The van der Waals surface area contributed by atoms with Gasteiger partial charge in [0.2, 0.25) is 0 Å². The summed E-state index contributed by atoms with van der Waals surface area (Å²) in [6.45, 7) is 0. The highest BCUT2D eigenvalue weighted by atomic mass is 16.5. The molecular weight excluding hydrogens is 222 g/mol. The number of amides is 2. The highest BCUT2D eigenvalue weighted by molar-refractivity contribution is 6.28. The van der Waals surface area contributed by atoms with E-state index in [9.17, 15) is 9.59 Å². The first-order chi connectivity index (χ1) is 8.08. The molecule has 0 unspecified atom stereocenters. The van der Waals surface area contributed by atoms with Crippen LogP contribution in [0, 0.1) is 0 Å². The minimum absolute atomic E-state index is 0.112. The fraction of sp³-hybridized carbons (Fsp3) is 0.167. The highest BCUT2D eigenvalue weighted by Gasteiger charge is 2.24. The molecule has 5 heteroatoms. The van der Waals surface area contributed by atoms with Gasteiger partial charge >= 0.3 is 0 Å². The van der Waals surface area contributed by atoms with Gasteiger partial charge < -0.3 is 10.2 Å². The molecule has 2 amide bonds. The summed E-state index contributed by atoms with van der Waals surface area (Å²) in [7, 11) is 0. The molecular formula is C12H11NO4. The van der Waals surface area contributed by atoms with Crippen LogP contribution in [0.5, 0.6) is 0 Å². The van der Waals surface area contributed by atoms with E-state index in [1.165, 1.54) is 12.2 Å². The Balaban J connectivity index is 2.18. The van der Waals surface area contributed by atoms with Crippen molar-refractivity contribution >= 4 is 17.5 Å². The number of rotatable bonds is 3. The minimum Gasteiger partial charge on any atom is -0.368 e. The van der Waals surface area contributed by atoms with Gasteiger partial charge in [-0.05, 0) is 17.7 Å². The molecule has 1 aromatic carbocycles. The van der Waals surface area contributed by atoms with Gasteiger partial charge in [-0.15, -0.1) is 0 Å². The SMILES string of the molecule is O=C1C=CC(=O)N1c1ccc(CC(O)O)cc1. The Kier molecular flexibility index (Phi) is 3.03. The van der Waals surface area contributed by atoms with Gasteiger partial charge in [-0.1, -0.05) is 12.1 Å². The van der Waals surface area contributed by atoms with Gasteiger partial charge in [0, 0.05) is 18.6 Å². The van der Waals surface area contributed by atoms with E-state index < -0.39 is 6.29 Å². The van der Waals surface area contributed by atoms with Crippen molar-refractivity contribution in [1.29, 1.82) is 0 Å². The van der Waals surface area contributed by atoms with E-state index in [0.29, 0.717) is 5.69 Å². The van der Waals surface area contributed by atoms with Crippen molar-refractivity contribution in [3.8, 4) is 0 Å². The van der Waals surface area contributed by atoms with Crippen molar-refractivity contribution in [3.05, 3.63) is 42.0 Å². The second-order valence-electron chi connectivity index (χ2n) is 3.70. The molecule has 88 valence electrons. The molecule has 5 nitrogen and oxygen atoms in total. The van der Waals surface area contributed by atoms with Crippen LogP contribution < -0.4 is 4.90 Å². The average molecular weight is 233 g/mol. The normalized spacial score (nSPS) is 15.1. The summed E-state index contributed by atoms with van der Waals surface area (Å²) in [4.78, 5) is 23.8. The third kappa shape index (κ3) is 2.41. The Bertz CT molecular complexity index is 458. The summed E-state index contributed by atoms with van der Waals surface area (Å²) < 4.78 is 0. The van der Waals surface area contributed by atoms with E-state index in [0.717, 1.165) is 10.5 Å². The number of carbonyl (C=O) groups excluding carboxylic acids is 2. The molecule has 2 N–H and O–H groups in total. The van der Waals surface area contributed by atoms with Crippen molar-refractivity contribution in [2.24, 2.45) is 0 Å². The summed E-state index contributed by atoms with van der Waals surface area (Å²) in [6, 6.07) is 6.49. The maximum Gasteiger partial charge on any atom is 0.258 e. The molecule has 1 aliphatic rings. The molecule has 0 saturated heterocycles. The lowest BCUT2D eigenvalue weighted by molar-refractivity contribution is -0.120. The topological polar surface area (TPSA) is 77.8 Å². The Morgan fingerprint density at radius 3 is 2.00 bits per heavy atom. The zero-order chi connectivity index (χ0) is 12.4. The van der Waals surface area contributed by atoms with Gasteiger partial charge in [0.1, 0.15) is 0 Å². The summed E-state index contributed by atoms with van der Waals surface area (Å²) in [5.41, 5.74) is 1.19. The molecule has 0 radical (unpaired) electrons. The van der Waals surface area contributed by atoms with E-state index in [-0.39, 0.29) is 18.2 Å². The summed E-state index contributed by atoms with van der Waals surface area (Å²) in [5.74, 6) is -0.741. The molecule has 0 fully saturated rings. The number of anilines is 1. The van der Waals surface area contributed by atoms with Crippen molar-refractivity contribution in [2.75, 3.05) is 4.90 Å². The lowest BCUT2D eigenvalue weighted by Gasteiger charge is -2.14. The smallest absolute Gasteiger partial charge is 0.258 e. The second-order valence-corrected chi connectivity index (χ2v) is 3.70. The zero-order valence-electron chi connectivity index (χ0n) is 8.91. The maximum atomic E-state index is 11.4. The number of benzene rings is 1. The number of hydrogen-bond acceptors (Lipinski definition) is 4. The lowest BCUT2D eigenvalue weighted by Crippen LogP contribution is -2.29. The van der Waals surface area contributed by atoms with Crippen LogP contribution in [0.2, 0.25) is 0 Å². The summed E-state index contributed by atoms with van der Waals surface area (Å²) >= 11 is 0. The maximum absolute atomic E-state index is 11.4. The molecule has 1 heterocycles. The molecule has 0 saturated carbocycles. The number of aliphatic hydroxyl groups excluding tert-OH is 1. The van der Waals surface area contributed by atoms with Crippen molar-refractivity contribution < 1.29 is 19.8 Å². The van der Waals surface area contributed by atoms with Gasteiger partial charge in [0.25, 0.3) is 11.8 Å². The van der Waals surface area contributed by atoms with Gasteiger partial charge in [-0.3, -0.25) is 9.59 Å². The first-order valence-electron chi connectivity index (χ1n) is 5.09. The number of imide groups is 1. The van der Waals surface area contributed by atoms with Crippen LogP contribution in [0.1, 0.15) is 5.56 Å².